The number of hydrogen-bond acceptors (Lipinski definition) is 5. The zero-order valence-electron chi connectivity index (χ0n) is 13.9. The molecule has 4 rings (SSSR count). The van der Waals surface area contributed by atoms with Gasteiger partial charge in [-0.15, -0.1) is 5.10 Å². The fourth-order valence-electron chi connectivity index (χ4n) is 2.70. The quantitative estimate of drug-likeness (QED) is 0.721. The van der Waals surface area contributed by atoms with Crippen molar-refractivity contribution in [2.24, 2.45) is 0 Å². The highest BCUT2D eigenvalue weighted by Crippen LogP contribution is 2.37. The molecule has 9 heteroatoms. The monoisotopic (exact) mass is 389 g/mol. The van der Waals surface area contributed by atoms with Gasteiger partial charge in [0.15, 0.2) is 5.82 Å². The number of aromatic nitrogens is 4. The molecule has 1 heterocycles. The lowest BCUT2D eigenvalue weighted by Gasteiger charge is -2.11. The largest absolute Gasteiger partial charge is 0.280 e. The van der Waals surface area contributed by atoms with E-state index < -0.39 is 10.0 Å². The van der Waals surface area contributed by atoms with E-state index in [2.05, 4.69) is 20.2 Å². The van der Waals surface area contributed by atoms with Crippen LogP contribution in [0.3, 0.4) is 0 Å². The van der Waals surface area contributed by atoms with Gasteiger partial charge in [0, 0.05) is 11.3 Å². The van der Waals surface area contributed by atoms with Crippen molar-refractivity contribution in [1.82, 2.24) is 20.2 Å². The molecule has 0 bridgehead atoms. The van der Waals surface area contributed by atoms with Gasteiger partial charge in [0.1, 0.15) is 4.90 Å². The number of rotatable bonds is 5. The Morgan fingerprint density at radius 1 is 1.19 bits per heavy atom. The lowest BCUT2D eigenvalue weighted by molar-refractivity contribution is 0.601. The molecular weight excluding hydrogens is 374 g/mol. The van der Waals surface area contributed by atoms with Crippen molar-refractivity contribution in [1.29, 1.82) is 0 Å². The topological polar surface area (TPSA) is 89.8 Å². The van der Waals surface area contributed by atoms with Crippen LogP contribution in [0.4, 0.5) is 5.69 Å². The third-order valence-electron chi connectivity index (χ3n) is 4.14. The molecule has 0 atom stereocenters. The molecule has 26 heavy (non-hydrogen) atoms. The summed E-state index contributed by atoms with van der Waals surface area (Å²) in [5, 5.41) is 12.0. The Labute approximate surface area is 156 Å². The fraction of sp³-hybridized carbons (Fsp3) is 0.235. The van der Waals surface area contributed by atoms with Crippen LogP contribution in [0.5, 0.6) is 0 Å². The Morgan fingerprint density at radius 2 is 2.00 bits per heavy atom. The van der Waals surface area contributed by atoms with Crippen molar-refractivity contribution in [3.05, 3.63) is 53.1 Å². The number of halogens is 1. The number of hydrogen-bond donors (Lipinski definition) is 1. The van der Waals surface area contributed by atoms with Crippen LogP contribution < -0.4 is 4.72 Å². The standard InChI is InChI=1S/C17H16ClN5O2S/c1-11-5-8-16(15(18)9-11)26(24,25)20-13-4-2-3-12(10-13)17-19-21-22-23(17)14-6-7-14/h2-5,8-10,14,20H,6-7H2,1H3. The van der Waals surface area contributed by atoms with Gasteiger partial charge in [-0.25, -0.2) is 13.1 Å². The Morgan fingerprint density at radius 3 is 2.73 bits per heavy atom. The van der Waals surface area contributed by atoms with Crippen LogP contribution in [-0.4, -0.2) is 28.6 Å². The van der Waals surface area contributed by atoms with E-state index in [1.54, 1.807) is 35.0 Å². The molecule has 0 aliphatic heterocycles. The maximum atomic E-state index is 12.7. The second-order valence-corrected chi connectivity index (χ2v) is 8.36. The Hall–Kier alpha value is -2.45. The van der Waals surface area contributed by atoms with Gasteiger partial charge in [-0.05, 0) is 60.0 Å². The summed E-state index contributed by atoms with van der Waals surface area (Å²) >= 11 is 6.11. The van der Waals surface area contributed by atoms with E-state index in [1.165, 1.54) is 6.07 Å². The second kappa shape index (κ2) is 6.37. The zero-order chi connectivity index (χ0) is 18.3. The number of nitrogens with one attached hydrogen (secondary N) is 1. The molecular formula is C17H16ClN5O2S. The highest BCUT2D eigenvalue weighted by Gasteiger charge is 2.28. The first-order chi connectivity index (χ1) is 12.4. The SMILES string of the molecule is Cc1ccc(S(=O)(=O)Nc2cccc(-c3nnnn3C3CC3)c2)c(Cl)c1. The summed E-state index contributed by atoms with van der Waals surface area (Å²) in [6.45, 7) is 1.85. The molecule has 7 nitrogen and oxygen atoms in total. The Balaban J connectivity index is 1.65. The van der Waals surface area contributed by atoms with Crippen molar-refractivity contribution in [2.45, 2.75) is 30.7 Å². The van der Waals surface area contributed by atoms with Crippen LogP contribution >= 0.6 is 11.6 Å². The number of tetrazole rings is 1. The van der Waals surface area contributed by atoms with E-state index in [1.807, 2.05) is 13.0 Å². The fourth-order valence-corrected chi connectivity index (χ4v) is 4.35. The van der Waals surface area contributed by atoms with Gasteiger partial charge in [-0.2, -0.15) is 0 Å². The summed E-state index contributed by atoms with van der Waals surface area (Å²) in [7, 11) is -3.80. The van der Waals surface area contributed by atoms with E-state index in [9.17, 15) is 8.42 Å². The van der Waals surface area contributed by atoms with Gasteiger partial charge in [0.05, 0.1) is 11.1 Å². The first-order valence-electron chi connectivity index (χ1n) is 8.11. The molecule has 1 aliphatic carbocycles. The molecule has 1 aliphatic rings. The summed E-state index contributed by atoms with van der Waals surface area (Å²) in [6, 6.07) is 12.1. The third kappa shape index (κ3) is 3.30. The van der Waals surface area contributed by atoms with E-state index in [0.29, 0.717) is 17.6 Å². The summed E-state index contributed by atoms with van der Waals surface area (Å²) in [5.41, 5.74) is 2.06. The second-order valence-electron chi connectivity index (χ2n) is 6.30. The minimum absolute atomic E-state index is 0.0398. The van der Waals surface area contributed by atoms with Crippen LogP contribution in [0.25, 0.3) is 11.4 Å². The van der Waals surface area contributed by atoms with Crippen LogP contribution in [0.2, 0.25) is 5.02 Å². The molecule has 0 amide bonds. The van der Waals surface area contributed by atoms with Gasteiger partial charge in [-0.1, -0.05) is 29.8 Å². The van der Waals surface area contributed by atoms with Crippen molar-refractivity contribution < 1.29 is 8.42 Å². The van der Waals surface area contributed by atoms with Gasteiger partial charge in [0.2, 0.25) is 0 Å². The van der Waals surface area contributed by atoms with Gasteiger partial charge in [-0.3, -0.25) is 4.72 Å². The van der Waals surface area contributed by atoms with Crippen molar-refractivity contribution in [2.75, 3.05) is 4.72 Å². The third-order valence-corrected chi connectivity index (χ3v) is 6.00. The molecule has 134 valence electrons. The Bertz CT molecular complexity index is 1080. The van der Waals surface area contributed by atoms with Crippen LogP contribution in [0, 0.1) is 6.92 Å². The lowest BCUT2D eigenvalue weighted by Crippen LogP contribution is -2.13. The zero-order valence-corrected chi connectivity index (χ0v) is 15.5. The van der Waals surface area contributed by atoms with Crippen LogP contribution in [0.15, 0.2) is 47.4 Å². The first-order valence-corrected chi connectivity index (χ1v) is 9.97. The molecule has 0 spiro atoms. The molecule has 1 N–H and O–H groups in total. The number of nitrogens with zero attached hydrogens (tertiary/aromatic N) is 4. The average Bonchev–Trinajstić information content (AvgIpc) is 3.31. The number of anilines is 1. The minimum atomic E-state index is -3.80. The van der Waals surface area contributed by atoms with Gasteiger partial charge >= 0.3 is 0 Å². The number of sulfonamides is 1. The first kappa shape index (κ1) is 17.0. The van der Waals surface area contributed by atoms with Crippen LogP contribution in [0.1, 0.15) is 24.4 Å². The van der Waals surface area contributed by atoms with E-state index in [-0.39, 0.29) is 9.92 Å². The molecule has 0 unspecified atom stereocenters. The maximum absolute atomic E-state index is 12.7. The molecule has 1 saturated carbocycles. The van der Waals surface area contributed by atoms with E-state index >= 15 is 0 Å². The van der Waals surface area contributed by atoms with E-state index in [0.717, 1.165) is 24.0 Å². The highest BCUT2D eigenvalue weighted by molar-refractivity contribution is 7.92. The molecule has 3 aromatic rings. The molecule has 1 fully saturated rings. The smallest absolute Gasteiger partial charge is 0.263 e. The normalized spacial score (nSPS) is 14.4. The molecule has 0 saturated heterocycles. The summed E-state index contributed by atoms with van der Waals surface area (Å²) in [5.74, 6) is 0.627. The summed E-state index contributed by atoms with van der Waals surface area (Å²) in [6.07, 6.45) is 2.10. The van der Waals surface area contributed by atoms with Crippen molar-refractivity contribution >= 4 is 27.3 Å². The van der Waals surface area contributed by atoms with Crippen molar-refractivity contribution in [3.63, 3.8) is 0 Å². The summed E-state index contributed by atoms with van der Waals surface area (Å²) < 4.78 is 29.7. The summed E-state index contributed by atoms with van der Waals surface area (Å²) in [4.78, 5) is 0.0398. The number of benzene rings is 2. The van der Waals surface area contributed by atoms with Gasteiger partial charge < -0.3 is 0 Å². The Kier molecular flexibility index (Phi) is 4.16. The maximum Gasteiger partial charge on any atom is 0.263 e. The van der Waals surface area contributed by atoms with Crippen LogP contribution in [-0.2, 0) is 10.0 Å². The number of aryl methyl sites for hydroxylation is 1. The molecule has 2 aromatic carbocycles. The molecule has 0 radical (unpaired) electrons. The predicted molar refractivity (Wildman–Crippen MR) is 98.5 cm³/mol. The van der Waals surface area contributed by atoms with Crippen molar-refractivity contribution in [3.8, 4) is 11.4 Å². The van der Waals surface area contributed by atoms with Gasteiger partial charge in [0.25, 0.3) is 10.0 Å². The lowest BCUT2D eigenvalue weighted by atomic mass is 10.2. The van der Waals surface area contributed by atoms with E-state index in [4.69, 9.17) is 11.6 Å². The highest BCUT2D eigenvalue weighted by atomic mass is 35.5. The molecule has 1 aromatic heterocycles. The average molecular weight is 390 g/mol. The minimum Gasteiger partial charge on any atom is -0.280 e. The predicted octanol–water partition coefficient (Wildman–Crippen LogP) is 3.44.